The smallest absolute Gasteiger partial charge is 0.414 e. The Morgan fingerprint density at radius 1 is 0.921 bits per heavy atom. The molecular weight excluding hydrogens is 814 g/mol. The van der Waals surface area contributed by atoms with Crippen LogP contribution in [0.4, 0.5) is 16.3 Å². The molecule has 9 rings (SSSR count). The van der Waals surface area contributed by atoms with E-state index >= 15 is 0 Å². The van der Waals surface area contributed by atoms with Crippen LogP contribution in [0.2, 0.25) is 5.02 Å². The Labute approximate surface area is 374 Å². The van der Waals surface area contributed by atoms with E-state index in [4.69, 9.17) is 31.3 Å². The molecule has 0 radical (unpaired) electrons. The number of hydrogen-bond donors (Lipinski definition) is 1. The second kappa shape index (κ2) is 19.0. The highest BCUT2D eigenvalue weighted by Gasteiger charge is 2.34. The third kappa shape index (κ3) is 9.34. The van der Waals surface area contributed by atoms with Gasteiger partial charge in [0.05, 0.1) is 40.5 Å². The number of ether oxygens (including phenoxy) is 2. The second-order valence-electron chi connectivity index (χ2n) is 17.8. The van der Waals surface area contributed by atoms with Crippen molar-refractivity contribution < 1.29 is 19.1 Å². The van der Waals surface area contributed by atoms with E-state index in [0.29, 0.717) is 34.0 Å². The molecule has 2 aliphatic heterocycles. The van der Waals surface area contributed by atoms with Crippen LogP contribution in [-0.2, 0) is 17.6 Å². The van der Waals surface area contributed by atoms with Crippen molar-refractivity contribution in [2.45, 2.75) is 102 Å². The molecule has 2 amide bonds. The number of amides is 2. The number of anilines is 2. The van der Waals surface area contributed by atoms with E-state index in [-0.39, 0.29) is 30.2 Å². The van der Waals surface area contributed by atoms with Gasteiger partial charge in [-0.15, -0.1) is 10.2 Å². The SMILES string of the molecule is COC(=O)N1c2ccc3c(nc(Cc4ccccc4)n3[C@H]3CCC[C@H](CN4CCN(c5ccc(C(=O)NC6CCC(Oc7ccc(C#N)c(Cl)c7)CC6)nn5)CC4)C3)c2CC[C@@H]1C. The van der Waals surface area contributed by atoms with E-state index in [1.165, 1.54) is 31.0 Å². The number of methoxy groups -OCH3 is 1. The van der Waals surface area contributed by atoms with Crippen LogP contribution in [0.25, 0.3) is 11.0 Å². The average Bonchev–Trinajstić information content (AvgIpc) is 3.68. The molecule has 2 aromatic heterocycles. The quantitative estimate of drug-likeness (QED) is 0.145. The molecule has 13 nitrogen and oxygen atoms in total. The summed E-state index contributed by atoms with van der Waals surface area (Å²) in [7, 11) is 1.45. The van der Waals surface area contributed by atoms with Gasteiger partial charge in [-0.2, -0.15) is 5.26 Å². The molecule has 63 heavy (non-hydrogen) atoms. The molecule has 4 heterocycles. The van der Waals surface area contributed by atoms with E-state index in [2.05, 4.69) is 85.3 Å². The minimum atomic E-state index is -0.319. The Morgan fingerprint density at radius 3 is 2.46 bits per heavy atom. The number of halogens is 1. The summed E-state index contributed by atoms with van der Waals surface area (Å²) in [6.45, 7) is 6.76. The maximum absolute atomic E-state index is 13.2. The lowest BCUT2D eigenvalue weighted by Gasteiger charge is -2.39. The number of aromatic nitrogens is 4. The number of aryl methyl sites for hydroxylation is 1. The maximum atomic E-state index is 13.2. The van der Waals surface area contributed by atoms with Crippen LogP contribution in [0.1, 0.15) is 104 Å². The summed E-state index contributed by atoms with van der Waals surface area (Å²) in [5.74, 6) is 2.92. The number of carbonyl (C=O) groups excluding carboxylic acids is 2. The van der Waals surface area contributed by atoms with Gasteiger partial charge in [-0.25, -0.2) is 9.78 Å². The van der Waals surface area contributed by atoms with E-state index < -0.39 is 0 Å². The molecule has 14 heteroatoms. The molecular formula is C49H56ClN9O4. The number of piperazine rings is 1. The monoisotopic (exact) mass is 869 g/mol. The number of nitrogens with one attached hydrogen (secondary N) is 1. The molecule has 328 valence electrons. The van der Waals surface area contributed by atoms with Crippen molar-refractivity contribution in [3.05, 3.63) is 106 Å². The number of nitrogens with zero attached hydrogens (tertiary/aromatic N) is 8. The topological polar surface area (TPSA) is 142 Å². The Balaban J connectivity index is 0.792. The lowest BCUT2D eigenvalue weighted by atomic mass is 9.84. The molecule has 2 aliphatic carbocycles. The first-order valence-electron chi connectivity index (χ1n) is 22.7. The van der Waals surface area contributed by atoms with Crippen molar-refractivity contribution in [3.63, 3.8) is 0 Å². The predicted octanol–water partition coefficient (Wildman–Crippen LogP) is 8.52. The summed E-state index contributed by atoms with van der Waals surface area (Å²) in [5, 5.41) is 21.5. The highest BCUT2D eigenvalue weighted by molar-refractivity contribution is 6.31. The van der Waals surface area contributed by atoms with E-state index in [1.807, 2.05) is 6.07 Å². The van der Waals surface area contributed by atoms with Crippen LogP contribution in [-0.4, -0.2) is 94.7 Å². The summed E-state index contributed by atoms with van der Waals surface area (Å²) in [6, 6.07) is 26.3. The third-order valence-electron chi connectivity index (χ3n) is 13.7. The van der Waals surface area contributed by atoms with Crippen molar-refractivity contribution in [3.8, 4) is 11.8 Å². The van der Waals surface area contributed by atoms with Crippen molar-refractivity contribution in [1.29, 1.82) is 5.26 Å². The fourth-order valence-corrected chi connectivity index (χ4v) is 10.6. The van der Waals surface area contributed by atoms with Crippen molar-refractivity contribution in [2.24, 2.45) is 5.92 Å². The molecule has 2 saturated carbocycles. The van der Waals surface area contributed by atoms with Crippen molar-refractivity contribution >= 4 is 46.1 Å². The summed E-state index contributed by atoms with van der Waals surface area (Å²) >= 11 is 6.18. The molecule has 1 saturated heterocycles. The van der Waals surface area contributed by atoms with Crippen LogP contribution < -0.4 is 19.9 Å². The molecule has 3 atom stereocenters. The molecule has 0 spiro atoms. The van der Waals surface area contributed by atoms with E-state index in [1.54, 1.807) is 29.2 Å². The summed E-state index contributed by atoms with van der Waals surface area (Å²) < 4.78 is 13.9. The molecule has 0 bridgehead atoms. The largest absolute Gasteiger partial charge is 0.490 e. The average molecular weight is 870 g/mol. The fourth-order valence-electron chi connectivity index (χ4n) is 10.4. The van der Waals surface area contributed by atoms with E-state index in [9.17, 15) is 9.59 Å². The van der Waals surface area contributed by atoms with Crippen molar-refractivity contribution in [2.75, 3.05) is 49.6 Å². The first kappa shape index (κ1) is 42.6. The number of carbonyl (C=O) groups is 2. The number of fused-ring (bicyclic) bond motifs is 3. The van der Waals surface area contributed by atoms with Gasteiger partial charge in [-0.1, -0.05) is 48.4 Å². The minimum Gasteiger partial charge on any atom is -0.490 e. The Kier molecular flexibility index (Phi) is 12.8. The summed E-state index contributed by atoms with van der Waals surface area (Å²) in [6.07, 6.45) is 10.1. The van der Waals surface area contributed by atoms with Crippen LogP contribution in [0.15, 0.2) is 72.8 Å². The number of rotatable bonds is 10. The van der Waals surface area contributed by atoms with Crippen molar-refractivity contribution in [1.82, 2.24) is 30.0 Å². The first-order valence-corrected chi connectivity index (χ1v) is 23.0. The lowest BCUT2D eigenvalue weighted by Crippen LogP contribution is -2.48. The molecule has 1 N–H and O–H groups in total. The first-order chi connectivity index (χ1) is 30.7. The zero-order valence-corrected chi connectivity index (χ0v) is 37.0. The lowest BCUT2D eigenvalue weighted by molar-refractivity contribution is 0.0888. The summed E-state index contributed by atoms with van der Waals surface area (Å²) in [5.41, 5.74) is 6.25. The Hall–Kier alpha value is -5.71. The zero-order chi connectivity index (χ0) is 43.5. The Bertz CT molecular complexity index is 2460. The second-order valence-corrected chi connectivity index (χ2v) is 18.2. The van der Waals surface area contributed by atoms with Gasteiger partial charge in [-0.05, 0) is 113 Å². The third-order valence-corrected chi connectivity index (χ3v) is 14.0. The Morgan fingerprint density at radius 2 is 1.73 bits per heavy atom. The molecule has 3 aromatic carbocycles. The van der Waals surface area contributed by atoms with Gasteiger partial charge in [0.15, 0.2) is 11.5 Å². The number of imidazole rings is 1. The van der Waals surface area contributed by atoms with Gasteiger partial charge in [0.1, 0.15) is 17.6 Å². The molecule has 3 fully saturated rings. The van der Waals surface area contributed by atoms with E-state index in [0.717, 1.165) is 119 Å². The number of benzene rings is 3. The van der Waals surface area contributed by atoms with Crippen LogP contribution in [0.3, 0.4) is 0 Å². The maximum Gasteiger partial charge on any atom is 0.414 e. The number of hydrogen-bond acceptors (Lipinski definition) is 10. The predicted molar refractivity (Wildman–Crippen MR) is 244 cm³/mol. The number of nitriles is 1. The standard InChI is InChI=1S/C49H56ClN9O4/c1-32-11-18-40-43(58(32)49(61)62-2)20-21-44-47(40)53-46(28-33-7-4-3-5-8-33)59(44)37-10-6-9-34(27-37)31-56-23-25-57(26-24-56)45-22-19-42(54-55-45)48(60)52-36-13-16-38(17-14-36)63-39-15-12-35(30-51)41(50)29-39/h3-5,7-8,12,15,19-22,29,32,34,36-38H,6,9-11,13-14,16-18,23-28,31H2,1-2H3,(H,52,60)/t32-,34-,36?,37-,38?/m0/s1. The minimum absolute atomic E-state index is 0.0297. The van der Waals surface area contributed by atoms with Gasteiger partial charge in [-0.3, -0.25) is 14.6 Å². The fraction of sp³-hybridized carbons (Fsp3) is 0.469. The molecule has 4 aliphatic rings. The molecule has 5 aromatic rings. The van der Waals surface area contributed by atoms with Gasteiger partial charge in [0.2, 0.25) is 0 Å². The van der Waals surface area contributed by atoms with Gasteiger partial charge in [0, 0.05) is 68.9 Å². The van der Waals surface area contributed by atoms with Crippen LogP contribution in [0.5, 0.6) is 5.75 Å². The van der Waals surface area contributed by atoms with Crippen LogP contribution >= 0.6 is 11.6 Å². The molecule has 0 unspecified atom stereocenters. The van der Waals surface area contributed by atoms with Gasteiger partial charge >= 0.3 is 6.09 Å². The highest BCUT2D eigenvalue weighted by Crippen LogP contribution is 2.41. The van der Waals surface area contributed by atoms with Gasteiger partial charge < -0.3 is 24.3 Å². The van der Waals surface area contributed by atoms with Crippen LogP contribution in [0, 0.1) is 17.2 Å². The highest BCUT2D eigenvalue weighted by atomic mass is 35.5. The summed E-state index contributed by atoms with van der Waals surface area (Å²) in [4.78, 5) is 38.1. The van der Waals surface area contributed by atoms with Gasteiger partial charge in [0.25, 0.3) is 5.91 Å². The normalized spacial score (nSPS) is 22.9. The zero-order valence-electron chi connectivity index (χ0n) is 36.2.